The van der Waals surface area contributed by atoms with Crippen LogP contribution in [0.3, 0.4) is 0 Å². The molecule has 0 radical (unpaired) electrons. The van der Waals surface area contributed by atoms with Crippen LogP contribution in [-0.4, -0.2) is 22.4 Å². The van der Waals surface area contributed by atoms with Gasteiger partial charge in [-0.05, 0) is 49.7 Å². The molecule has 0 unspecified atom stereocenters. The molecule has 0 aliphatic heterocycles. The molecule has 0 fully saturated rings. The molecule has 5 heteroatoms. The van der Waals surface area contributed by atoms with E-state index < -0.39 is 0 Å². The van der Waals surface area contributed by atoms with Gasteiger partial charge in [0.2, 0.25) is 0 Å². The molecule has 2 N–H and O–H groups in total. The summed E-state index contributed by atoms with van der Waals surface area (Å²) < 4.78 is 1.93. The number of carbonyl (C=O) groups is 1. The number of aryl methyl sites for hydroxylation is 2. The molecule has 25 heavy (non-hydrogen) atoms. The molecule has 0 bridgehead atoms. The number of benzene rings is 1. The van der Waals surface area contributed by atoms with Gasteiger partial charge in [-0.3, -0.25) is 4.68 Å². The topological polar surface area (TPSA) is 59.0 Å². The first-order valence-corrected chi connectivity index (χ1v) is 9.35. The van der Waals surface area contributed by atoms with Crippen LogP contribution in [-0.2, 0) is 19.9 Å². The summed E-state index contributed by atoms with van der Waals surface area (Å²) in [6, 6.07) is 8.65. The Morgan fingerprint density at radius 1 is 1.20 bits per heavy atom. The second-order valence-electron chi connectivity index (χ2n) is 7.26. The van der Waals surface area contributed by atoms with Gasteiger partial charge in [0.1, 0.15) is 0 Å². The Labute approximate surface area is 148 Å². The third-order valence-corrected chi connectivity index (χ3v) is 5.68. The van der Waals surface area contributed by atoms with E-state index in [4.69, 9.17) is 0 Å². The Morgan fingerprint density at radius 2 is 2.04 bits per heavy atom. The van der Waals surface area contributed by atoms with E-state index >= 15 is 0 Å². The van der Waals surface area contributed by atoms with E-state index in [1.807, 2.05) is 17.9 Å². The predicted octanol–water partition coefficient (Wildman–Crippen LogP) is 3.22. The van der Waals surface area contributed by atoms with Gasteiger partial charge in [-0.2, -0.15) is 5.10 Å². The Bertz CT molecular complexity index is 767. The van der Waals surface area contributed by atoms with E-state index in [0.29, 0.717) is 12.5 Å². The summed E-state index contributed by atoms with van der Waals surface area (Å²) in [5.41, 5.74) is 5.26. The van der Waals surface area contributed by atoms with Crippen LogP contribution in [0.5, 0.6) is 0 Å². The second-order valence-corrected chi connectivity index (χ2v) is 7.26. The first-order valence-electron chi connectivity index (χ1n) is 9.35. The maximum Gasteiger partial charge on any atom is 0.315 e. The second kappa shape index (κ2) is 6.90. The number of hydrogen-bond acceptors (Lipinski definition) is 2. The van der Waals surface area contributed by atoms with Crippen LogP contribution in [0, 0.1) is 0 Å². The number of hydrogen-bond donors (Lipinski definition) is 2. The minimum atomic E-state index is -0.0650. The molecule has 0 saturated heterocycles. The molecule has 0 spiro atoms. The fourth-order valence-electron chi connectivity index (χ4n) is 4.35. The Hall–Kier alpha value is -2.30. The smallest absolute Gasteiger partial charge is 0.315 e. The normalized spacial score (nSPS) is 22.0. The van der Waals surface area contributed by atoms with Crippen LogP contribution in [0.1, 0.15) is 60.0 Å². The van der Waals surface area contributed by atoms with Crippen molar-refractivity contribution in [1.29, 1.82) is 0 Å². The lowest BCUT2D eigenvalue weighted by molar-refractivity contribution is 0.234. The first-order chi connectivity index (χ1) is 12.2. The van der Waals surface area contributed by atoms with E-state index in [1.54, 1.807) is 0 Å². The SMILES string of the molecule is Cn1ncc2c1CCC[C@@H]2NC(=O)NC[C@@H]1CCCc2ccccc21. The summed E-state index contributed by atoms with van der Waals surface area (Å²) in [6.07, 6.45) is 8.53. The lowest BCUT2D eigenvalue weighted by atomic mass is 9.83. The van der Waals surface area contributed by atoms with E-state index in [2.05, 4.69) is 40.0 Å². The van der Waals surface area contributed by atoms with Crippen molar-refractivity contribution in [3.63, 3.8) is 0 Å². The fourth-order valence-corrected chi connectivity index (χ4v) is 4.35. The molecule has 2 aliphatic carbocycles. The van der Waals surface area contributed by atoms with Crippen molar-refractivity contribution >= 4 is 6.03 Å². The number of carbonyl (C=O) groups excluding carboxylic acids is 1. The Kier molecular flexibility index (Phi) is 4.47. The highest BCUT2D eigenvalue weighted by molar-refractivity contribution is 5.74. The lowest BCUT2D eigenvalue weighted by Gasteiger charge is -2.27. The van der Waals surface area contributed by atoms with Crippen molar-refractivity contribution < 1.29 is 4.79 Å². The van der Waals surface area contributed by atoms with Gasteiger partial charge in [0.15, 0.2) is 0 Å². The molecule has 0 saturated carbocycles. The van der Waals surface area contributed by atoms with Crippen molar-refractivity contribution in [3.8, 4) is 0 Å². The summed E-state index contributed by atoms with van der Waals surface area (Å²) in [6.45, 7) is 0.704. The summed E-state index contributed by atoms with van der Waals surface area (Å²) in [7, 11) is 1.97. The largest absolute Gasteiger partial charge is 0.338 e. The average molecular weight is 338 g/mol. The van der Waals surface area contributed by atoms with Gasteiger partial charge in [0, 0.05) is 30.8 Å². The highest BCUT2D eigenvalue weighted by atomic mass is 16.2. The van der Waals surface area contributed by atoms with Crippen LogP contribution in [0.25, 0.3) is 0 Å². The number of urea groups is 1. The minimum Gasteiger partial charge on any atom is -0.338 e. The van der Waals surface area contributed by atoms with E-state index in [-0.39, 0.29) is 12.1 Å². The van der Waals surface area contributed by atoms with Crippen LogP contribution in [0.2, 0.25) is 0 Å². The van der Waals surface area contributed by atoms with E-state index in [1.165, 1.54) is 28.8 Å². The minimum absolute atomic E-state index is 0.0650. The van der Waals surface area contributed by atoms with Crippen LogP contribution < -0.4 is 10.6 Å². The zero-order valence-electron chi connectivity index (χ0n) is 14.8. The van der Waals surface area contributed by atoms with Crippen LogP contribution in [0.15, 0.2) is 30.5 Å². The van der Waals surface area contributed by atoms with Crippen molar-refractivity contribution in [2.24, 2.45) is 7.05 Å². The maximum absolute atomic E-state index is 12.4. The Morgan fingerprint density at radius 3 is 2.96 bits per heavy atom. The van der Waals surface area contributed by atoms with E-state index in [0.717, 1.165) is 32.1 Å². The highest BCUT2D eigenvalue weighted by Crippen LogP contribution is 2.31. The monoisotopic (exact) mass is 338 g/mol. The number of nitrogens with zero attached hydrogens (tertiary/aromatic N) is 2. The molecule has 2 aliphatic rings. The predicted molar refractivity (Wildman–Crippen MR) is 97.5 cm³/mol. The molecular formula is C20H26N4O. The lowest BCUT2D eigenvalue weighted by Crippen LogP contribution is -2.41. The van der Waals surface area contributed by atoms with Crippen molar-refractivity contribution in [2.75, 3.05) is 6.54 Å². The van der Waals surface area contributed by atoms with Crippen molar-refractivity contribution in [1.82, 2.24) is 20.4 Å². The van der Waals surface area contributed by atoms with Gasteiger partial charge in [0.05, 0.1) is 12.2 Å². The van der Waals surface area contributed by atoms with Crippen molar-refractivity contribution in [3.05, 3.63) is 52.8 Å². The van der Waals surface area contributed by atoms with Gasteiger partial charge in [-0.15, -0.1) is 0 Å². The summed E-state index contributed by atoms with van der Waals surface area (Å²) >= 11 is 0. The first kappa shape index (κ1) is 16.2. The summed E-state index contributed by atoms with van der Waals surface area (Å²) in [4.78, 5) is 12.4. The maximum atomic E-state index is 12.4. The molecule has 2 amide bonds. The molecule has 4 rings (SSSR count). The average Bonchev–Trinajstić information content (AvgIpc) is 3.02. The molecular weight excluding hydrogens is 312 g/mol. The quantitative estimate of drug-likeness (QED) is 0.903. The molecule has 2 aromatic rings. The summed E-state index contributed by atoms with van der Waals surface area (Å²) in [5, 5.41) is 10.6. The molecule has 2 atom stereocenters. The molecule has 1 aromatic carbocycles. The van der Waals surface area contributed by atoms with E-state index in [9.17, 15) is 4.79 Å². The van der Waals surface area contributed by atoms with Gasteiger partial charge >= 0.3 is 6.03 Å². The number of nitrogens with one attached hydrogen (secondary N) is 2. The summed E-state index contributed by atoms with van der Waals surface area (Å²) in [5.74, 6) is 0.427. The standard InChI is InChI=1S/C20H26N4O/c1-24-19-11-5-10-18(17(19)13-22-24)23-20(25)21-12-15-8-4-7-14-6-2-3-9-16(14)15/h2-3,6,9,13,15,18H,4-5,7-8,10-12H2,1H3,(H2,21,23,25)/t15-,18-/m0/s1. The van der Waals surface area contributed by atoms with Gasteiger partial charge in [0.25, 0.3) is 0 Å². The van der Waals surface area contributed by atoms with Gasteiger partial charge in [-0.25, -0.2) is 4.79 Å². The van der Waals surface area contributed by atoms with Gasteiger partial charge in [-0.1, -0.05) is 24.3 Å². The van der Waals surface area contributed by atoms with Gasteiger partial charge < -0.3 is 10.6 Å². The molecule has 1 heterocycles. The molecule has 5 nitrogen and oxygen atoms in total. The van der Waals surface area contributed by atoms with Crippen molar-refractivity contribution in [2.45, 2.75) is 50.5 Å². The third-order valence-electron chi connectivity index (χ3n) is 5.68. The van der Waals surface area contributed by atoms with Crippen LogP contribution >= 0.6 is 0 Å². The zero-order chi connectivity index (χ0) is 17.2. The third kappa shape index (κ3) is 3.28. The number of aromatic nitrogens is 2. The number of fused-ring (bicyclic) bond motifs is 2. The van der Waals surface area contributed by atoms with Crippen LogP contribution in [0.4, 0.5) is 4.79 Å². The number of amides is 2. The molecule has 132 valence electrons. The highest BCUT2D eigenvalue weighted by Gasteiger charge is 2.25. The Balaban J connectivity index is 1.36. The zero-order valence-corrected chi connectivity index (χ0v) is 14.8. The fraction of sp³-hybridized carbons (Fsp3) is 0.500. The molecule has 1 aromatic heterocycles. The number of rotatable bonds is 3.